The lowest BCUT2D eigenvalue weighted by Gasteiger charge is -2.11. The zero-order valence-electron chi connectivity index (χ0n) is 15.2. The molecule has 0 saturated heterocycles. The van der Waals surface area contributed by atoms with Gasteiger partial charge in [-0.2, -0.15) is 0 Å². The minimum Gasteiger partial charge on any atom is -0.497 e. The highest BCUT2D eigenvalue weighted by atomic mass is 16.5. The molecule has 0 fully saturated rings. The lowest BCUT2D eigenvalue weighted by Crippen LogP contribution is -1.97. The number of benzene rings is 2. The van der Waals surface area contributed by atoms with E-state index in [1.807, 2.05) is 24.3 Å². The van der Waals surface area contributed by atoms with E-state index in [0.717, 1.165) is 33.7 Å². The smallest absolute Gasteiger partial charge is 0.160 e. The first-order valence-corrected chi connectivity index (χ1v) is 8.34. The van der Waals surface area contributed by atoms with Crippen LogP contribution >= 0.6 is 0 Å². The fourth-order valence-corrected chi connectivity index (χ4v) is 2.80. The summed E-state index contributed by atoms with van der Waals surface area (Å²) in [5.74, 6) is 1.42. The standard InChI is InChI=1S/C22H21N3O/c1-15-13-21(25-22(23-3)18-6-5-11-24-14-18)16(2)12-20(15)17-7-9-19(26-4)10-8-17/h5-14H,3H2,1-2,4H3. The van der Waals surface area contributed by atoms with Crippen LogP contribution in [-0.2, 0) is 0 Å². The number of amidine groups is 1. The van der Waals surface area contributed by atoms with E-state index in [1.165, 1.54) is 5.56 Å². The van der Waals surface area contributed by atoms with Gasteiger partial charge < -0.3 is 4.74 Å². The van der Waals surface area contributed by atoms with Gasteiger partial charge in [-0.1, -0.05) is 12.1 Å². The van der Waals surface area contributed by atoms with Crippen LogP contribution in [-0.4, -0.2) is 24.6 Å². The lowest BCUT2D eigenvalue weighted by atomic mass is 9.97. The fraction of sp³-hybridized carbons (Fsp3) is 0.136. The third-order valence-corrected chi connectivity index (χ3v) is 4.24. The molecule has 0 atom stereocenters. The molecule has 26 heavy (non-hydrogen) atoms. The molecule has 0 unspecified atom stereocenters. The van der Waals surface area contributed by atoms with Gasteiger partial charge in [-0.05, 0) is 79.2 Å². The molecular formula is C22H21N3O. The van der Waals surface area contributed by atoms with Crippen molar-refractivity contribution in [2.24, 2.45) is 9.98 Å². The highest BCUT2D eigenvalue weighted by Crippen LogP contribution is 2.31. The molecular weight excluding hydrogens is 322 g/mol. The molecule has 1 heterocycles. The van der Waals surface area contributed by atoms with Crippen LogP contribution in [0.1, 0.15) is 16.7 Å². The number of pyridine rings is 1. The molecule has 0 amide bonds. The molecule has 0 aliphatic rings. The Hall–Kier alpha value is -3.27. The summed E-state index contributed by atoms with van der Waals surface area (Å²) in [5.41, 5.74) is 6.28. The molecule has 0 bridgehead atoms. The van der Waals surface area contributed by atoms with Crippen molar-refractivity contribution in [1.29, 1.82) is 0 Å². The summed E-state index contributed by atoms with van der Waals surface area (Å²) in [5, 5.41) is 0. The first-order chi connectivity index (χ1) is 12.6. The Labute approximate surface area is 153 Å². The predicted octanol–water partition coefficient (Wildman–Crippen LogP) is 5.15. The van der Waals surface area contributed by atoms with Gasteiger partial charge in [0.05, 0.1) is 12.8 Å². The van der Waals surface area contributed by atoms with Crippen molar-refractivity contribution in [3.8, 4) is 16.9 Å². The van der Waals surface area contributed by atoms with E-state index in [9.17, 15) is 0 Å². The molecule has 0 spiro atoms. The van der Waals surface area contributed by atoms with E-state index in [1.54, 1.807) is 19.5 Å². The first kappa shape index (κ1) is 17.5. The van der Waals surface area contributed by atoms with Crippen molar-refractivity contribution >= 4 is 18.2 Å². The van der Waals surface area contributed by atoms with Crippen molar-refractivity contribution in [2.75, 3.05) is 7.11 Å². The Kier molecular flexibility index (Phi) is 5.23. The van der Waals surface area contributed by atoms with Gasteiger partial charge in [0.25, 0.3) is 0 Å². The number of ether oxygens (including phenoxy) is 1. The van der Waals surface area contributed by atoms with Crippen LogP contribution in [0.2, 0.25) is 0 Å². The zero-order chi connectivity index (χ0) is 18.5. The minimum atomic E-state index is 0.567. The maximum absolute atomic E-state index is 5.24. The summed E-state index contributed by atoms with van der Waals surface area (Å²) in [7, 11) is 1.67. The molecule has 4 heteroatoms. The van der Waals surface area contributed by atoms with Gasteiger partial charge in [0.1, 0.15) is 5.75 Å². The van der Waals surface area contributed by atoms with Crippen LogP contribution in [0.3, 0.4) is 0 Å². The Morgan fingerprint density at radius 1 is 1.04 bits per heavy atom. The summed E-state index contributed by atoms with van der Waals surface area (Å²) in [6.07, 6.45) is 3.46. The van der Waals surface area contributed by atoms with Crippen LogP contribution in [0, 0.1) is 13.8 Å². The average Bonchev–Trinajstić information content (AvgIpc) is 2.69. The van der Waals surface area contributed by atoms with Gasteiger partial charge >= 0.3 is 0 Å². The number of nitrogens with zero attached hydrogens (tertiary/aromatic N) is 3. The van der Waals surface area contributed by atoms with E-state index in [0.29, 0.717) is 5.84 Å². The molecule has 4 nitrogen and oxygen atoms in total. The number of aromatic nitrogens is 1. The Balaban J connectivity index is 2.01. The molecule has 3 aromatic rings. The Bertz CT molecular complexity index is 945. The normalized spacial score (nSPS) is 11.3. The fourth-order valence-electron chi connectivity index (χ4n) is 2.80. The number of rotatable bonds is 4. The molecule has 3 rings (SSSR count). The largest absolute Gasteiger partial charge is 0.497 e. The van der Waals surface area contributed by atoms with E-state index in [4.69, 9.17) is 9.73 Å². The average molecular weight is 343 g/mol. The van der Waals surface area contributed by atoms with Gasteiger partial charge in [-0.3, -0.25) is 4.98 Å². The Morgan fingerprint density at radius 2 is 1.81 bits per heavy atom. The van der Waals surface area contributed by atoms with Crippen molar-refractivity contribution in [1.82, 2.24) is 4.98 Å². The molecule has 0 saturated carbocycles. The summed E-state index contributed by atoms with van der Waals surface area (Å²) < 4.78 is 5.24. The molecule has 0 aliphatic carbocycles. The van der Waals surface area contributed by atoms with Crippen molar-refractivity contribution in [3.05, 3.63) is 77.6 Å². The third kappa shape index (κ3) is 3.70. The van der Waals surface area contributed by atoms with Gasteiger partial charge in [0.2, 0.25) is 0 Å². The maximum Gasteiger partial charge on any atom is 0.160 e. The van der Waals surface area contributed by atoms with Crippen molar-refractivity contribution < 1.29 is 4.74 Å². The summed E-state index contributed by atoms with van der Waals surface area (Å²) in [6, 6.07) is 16.1. The topological polar surface area (TPSA) is 46.8 Å². The van der Waals surface area contributed by atoms with Crippen LogP contribution in [0.4, 0.5) is 5.69 Å². The molecule has 2 aromatic carbocycles. The van der Waals surface area contributed by atoms with Gasteiger partial charge in [0.15, 0.2) is 5.84 Å². The Morgan fingerprint density at radius 3 is 2.42 bits per heavy atom. The minimum absolute atomic E-state index is 0.567. The summed E-state index contributed by atoms with van der Waals surface area (Å²) >= 11 is 0. The summed E-state index contributed by atoms with van der Waals surface area (Å²) in [6.45, 7) is 7.78. The molecule has 1 aromatic heterocycles. The van der Waals surface area contributed by atoms with Gasteiger partial charge in [-0.15, -0.1) is 0 Å². The zero-order valence-corrected chi connectivity index (χ0v) is 15.2. The second-order valence-corrected chi connectivity index (χ2v) is 6.02. The van der Waals surface area contributed by atoms with E-state index in [2.05, 4.69) is 54.8 Å². The molecule has 0 aliphatic heterocycles. The van der Waals surface area contributed by atoms with Crippen molar-refractivity contribution in [3.63, 3.8) is 0 Å². The number of aryl methyl sites for hydroxylation is 2. The highest BCUT2D eigenvalue weighted by molar-refractivity contribution is 6.02. The van der Waals surface area contributed by atoms with E-state index < -0.39 is 0 Å². The quantitative estimate of drug-likeness (QED) is 0.485. The van der Waals surface area contributed by atoms with Crippen LogP contribution in [0.5, 0.6) is 5.75 Å². The van der Waals surface area contributed by atoms with Gasteiger partial charge in [0, 0.05) is 18.0 Å². The second-order valence-electron chi connectivity index (χ2n) is 6.02. The molecule has 0 N–H and O–H groups in total. The number of methoxy groups -OCH3 is 1. The monoisotopic (exact) mass is 343 g/mol. The van der Waals surface area contributed by atoms with E-state index >= 15 is 0 Å². The maximum atomic E-state index is 5.24. The molecule has 130 valence electrons. The second kappa shape index (κ2) is 7.74. The highest BCUT2D eigenvalue weighted by Gasteiger charge is 2.08. The number of hydrogen-bond acceptors (Lipinski definition) is 3. The van der Waals surface area contributed by atoms with Crippen LogP contribution in [0.25, 0.3) is 11.1 Å². The lowest BCUT2D eigenvalue weighted by molar-refractivity contribution is 0.415. The number of hydrogen-bond donors (Lipinski definition) is 0. The SMILES string of the molecule is C=NC(=Nc1cc(C)c(-c2ccc(OC)cc2)cc1C)c1cccnc1. The third-order valence-electron chi connectivity index (χ3n) is 4.24. The predicted molar refractivity (Wildman–Crippen MR) is 108 cm³/mol. The van der Waals surface area contributed by atoms with Crippen LogP contribution < -0.4 is 4.74 Å². The number of aliphatic imine (C=N–C) groups is 2. The van der Waals surface area contributed by atoms with Crippen LogP contribution in [0.15, 0.2) is 70.9 Å². The summed E-state index contributed by atoms with van der Waals surface area (Å²) in [4.78, 5) is 12.9. The molecule has 0 radical (unpaired) electrons. The first-order valence-electron chi connectivity index (χ1n) is 8.34. The van der Waals surface area contributed by atoms with Gasteiger partial charge in [-0.25, -0.2) is 9.98 Å². The van der Waals surface area contributed by atoms with Crippen molar-refractivity contribution in [2.45, 2.75) is 13.8 Å². The van der Waals surface area contributed by atoms with E-state index in [-0.39, 0.29) is 0 Å².